The minimum Gasteiger partial charge on any atom is -0.457 e. The van der Waals surface area contributed by atoms with E-state index < -0.39 is 0 Å². The van der Waals surface area contributed by atoms with Crippen LogP contribution in [0.5, 0.6) is 11.5 Å². The average Bonchev–Trinajstić information content (AvgIpc) is 2.53. The zero-order valence-electron chi connectivity index (χ0n) is 14.7. The Kier molecular flexibility index (Phi) is 6.11. The van der Waals surface area contributed by atoms with Gasteiger partial charge in [-0.1, -0.05) is 26.8 Å². The first-order chi connectivity index (χ1) is 11.8. The second-order valence-corrected chi connectivity index (χ2v) is 6.88. The van der Waals surface area contributed by atoms with Gasteiger partial charge < -0.3 is 15.4 Å². The molecular weight excluding hydrogens is 318 g/mol. The second-order valence-electron chi connectivity index (χ2n) is 6.88. The Labute approximate surface area is 147 Å². The minimum atomic E-state index is -0.289. The summed E-state index contributed by atoms with van der Waals surface area (Å²) in [5.41, 5.74) is 0.487. The molecule has 0 unspecified atom stereocenters. The molecule has 6 nitrogen and oxygen atoms in total. The van der Waals surface area contributed by atoms with Crippen molar-refractivity contribution >= 4 is 17.5 Å². The Morgan fingerprint density at radius 1 is 1.04 bits per heavy atom. The molecule has 132 valence electrons. The maximum Gasteiger partial charge on any atom is 0.243 e. The van der Waals surface area contributed by atoms with E-state index in [1.165, 1.54) is 0 Å². The van der Waals surface area contributed by atoms with Gasteiger partial charge in [0.15, 0.2) is 0 Å². The van der Waals surface area contributed by atoms with Gasteiger partial charge in [-0.25, -0.2) is 0 Å². The number of anilines is 1. The van der Waals surface area contributed by atoms with Gasteiger partial charge in [0.05, 0.1) is 6.54 Å². The third kappa shape index (κ3) is 7.03. The van der Waals surface area contributed by atoms with Crippen molar-refractivity contribution in [2.24, 2.45) is 5.41 Å². The third-order valence-electron chi connectivity index (χ3n) is 3.14. The molecule has 0 radical (unpaired) electrons. The van der Waals surface area contributed by atoms with Gasteiger partial charge in [0.1, 0.15) is 11.5 Å². The van der Waals surface area contributed by atoms with Gasteiger partial charge in [0.2, 0.25) is 11.8 Å². The topological polar surface area (TPSA) is 80.3 Å². The van der Waals surface area contributed by atoms with E-state index in [1.807, 2.05) is 20.8 Å². The predicted octanol–water partition coefficient (Wildman–Crippen LogP) is 3.36. The average molecular weight is 341 g/mol. The second kappa shape index (κ2) is 8.28. The largest absolute Gasteiger partial charge is 0.457 e. The van der Waals surface area contributed by atoms with Crippen LogP contribution in [0.1, 0.15) is 27.2 Å². The van der Waals surface area contributed by atoms with Crippen molar-refractivity contribution in [2.75, 3.05) is 11.9 Å². The van der Waals surface area contributed by atoms with Crippen LogP contribution in [0.2, 0.25) is 0 Å². The van der Waals surface area contributed by atoms with Gasteiger partial charge in [-0.05, 0) is 29.7 Å². The molecule has 25 heavy (non-hydrogen) atoms. The first kappa shape index (κ1) is 18.4. The van der Waals surface area contributed by atoms with Crippen molar-refractivity contribution in [2.45, 2.75) is 27.2 Å². The predicted molar refractivity (Wildman–Crippen MR) is 96.5 cm³/mol. The standard InChI is InChI=1S/C19H23N3O3/c1-19(2,3)12-17(23)21-13-18(24)22-14-5-4-6-16(11-14)25-15-7-9-20-10-8-15/h4-11H,12-13H2,1-3H3,(H,21,23)(H,22,24). The van der Waals surface area contributed by atoms with Crippen LogP contribution in [0, 0.1) is 5.41 Å². The highest BCUT2D eigenvalue weighted by Gasteiger charge is 2.16. The first-order valence-electron chi connectivity index (χ1n) is 8.06. The van der Waals surface area contributed by atoms with E-state index in [2.05, 4.69) is 15.6 Å². The Hall–Kier alpha value is -2.89. The number of ether oxygens (including phenoxy) is 1. The molecule has 2 N–H and O–H groups in total. The molecule has 0 bridgehead atoms. The molecule has 6 heteroatoms. The normalized spacial score (nSPS) is 10.8. The van der Waals surface area contributed by atoms with E-state index in [0.29, 0.717) is 23.6 Å². The summed E-state index contributed by atoms with van der Waals surface area (Å²) < 4.78 is 5.69. The molecule has 2 amide bonds. The molecule has 1 aromatic carbocycles. The number of carbonyl (C=O) groups is 2. The zero-order valence-corrected chi connectivity index (χ0v) is 14.7. The fourth-order valence-corrected chi connectivity index (χ4v) is 2.11. The molecule has 2 rings (SSSR count). The van der Waals surface area contributed by atoms with Crippen LogP contribution in [0.15, 0.2) is 48.8 Å². The van der Waals surface area contributed by atoms with Gasteiger partial charge in [0.25, 0.3) is 0 Å². The molecule has 1 aromatic heterocycles. The molecule has 0 aliphatic rings. The molecule has 0 spiro atoms. The van der Waals surface area contributed by atoms with Crippen LogP contribution in [-0.2, 0) is 9.59 Å². The summed E-state index contributed by atoms with van der Waals surface area (Å²) in [6.07, 6.45) is 3.65. The summed E-state index contributed by atoms with van der Waals surface area (Å²) in [5, 5.41) is 5.36. The lowest BCUT2D eigenvalue weighted by Crippen LogP contribution is -2.34. The quantitative estimate of drug-likeness (QED) is 0.844. The number of benzene rings is 1. The number of carbonyl (C=O) groups excluding carboxylic acids is 2. The molecule has 0 saturated carbocycles. The summed E-state index contributed by atoms with van der Waals surface area (Å²) in [7, 11) is 0. The fraction of sp³-hybridized carbons (Fsp3) is 0.316. The monoisotopic (exact) mass is 341 g/mol. The number of hydrogen-bond acceptors (Lipinski definition) is 4. The highest BCUT2D eigenvalue weighted by molar-refractivity contribution is 5.94. The summed E-state index contributed by atoms with van der Waals surface area (Å²) in [5.74, 6) is 0.828. The highest BCUT2D eigenvalue weighted by atomic mass is 16.5. The molecule has 1 heterocycles. The van der Waals surface area contributed by atoms with Gasteiger partial charge >= 0.3 is 0 Å². The van der Waals surface area contributed by atoms with Crippen LogP contribution in [0.4, 0.5) is 5.69 Å². The lowest BCUT2D eigenvalue weighted by atomic mass is 9.92. The van der Waals surface area contributed by atoms with E-state index in [9.17, 15) is 9.59 Å². The maximum absolute atomic E-state index is 12.0. The molecule has 2 aromatic rings. The maximum atomic E-state index is 12.0. The van der Waals surface area contributed by atoms with Crippen molar-refractivity contribution < 1.29 is 14.3 Å². The lowest BCUT2D eigenvalue weighted by molar-refractivity contribution is -0.125. The number of nitrogens with one attached hydrogen (secondary N) is 2. The number of amides is 2. The van der Waals surface area contributed by atoms with Crippen molar-refractivity contribution in [1.29, 1.82) is 0 Å². The van der Waals surface area contributed by atoms with E-state index in [-0.39, 0.29) is 23.8 Å². The van der Waals surface area contributed by atoms with Gasteiger partial charge in [-0.3, -0.25) is 14.6 Å². The Morgan fingerprint density at radius 2 is 1.76 bits per heavy atom. The van der Waals surface area contributed by atoms with Crippen LogP contribution in [-0.4, -0.2) is 23.3 Å². The lowest BCUT2D eigenvalue weighted by Gasteiger charge is -2.17. The Bertz CT molecular complexity index is 724. The van der Waals surface area contributed by atoms with Crippen molar-refractivity contribution in [1.82, 2.24) is 10.3 Å². The number of hydrogen-bond donors (Lipinski definition) is 2. The van der Waals surface area contributed by atoms with Gasteiger partial charge in [-0.15, -0.1) is 0 Å². The molecule has 0 aliphatic heterocycles. The number of rotatable bonds is 6. The van der Waals surface area contributed by atoms with Crippen molar-refractivity contribution in [3.63, 3.8) is 0 Å². The van der Waals surface area contributed by atoms with Gasteiger partial charge in [0, 0.05) is 30.6 Å². The molecule has 0 aliphatic carbocycles. The molecular formula is C19H23N3O3. The summed E-state index contributed by atoms with van der Waals surface area (Å²) in [6, 6.07) is 10.5. The van der Waals surface area contributed by atoms with Crippen LogP contribution in [0.25, 0.3) is 0 Å². The van der Waals surface area contributed by atoms with Crippen LogP contribution < -0.4 is 15.4 Å². The van der Waals surface area contributed by atoms with Crippen LogP contribution >= 0.6 is 0 Å². The smallest absolute Gasteiger partial charge is 0.243 e. The number of pyridine rings is 1. The first-order valence-corrected chi connectivity index (χ1v) is 8.06. The Balaban J connectivity index is 1.86. The zero-order chi connectivity index (χ0) is 18.3. The van der Waals surface area contributed by atoms with E-state index in [4.69, 9.17) is 4.74 Å². The molecule has 0 fully saturated rings. The molecule has 0 atom stereocenters. The summed E-state index contributed by atoms with van der Waals surface area (Å²) in [6.45, 7) is 5.85. The SMILES string of the molecule is CC(C)(C)CC(=O)NCC(=O)Nc1cccc(Oc2ccncc2)c1. The Morgan fingerprint density at radius 3 is 2.44 bits per heavy atom. The summed E-state index contributed by atoms with van der Waals surface area (Å²) in [4.78, 5) is 27.7. The van der Waals surface area contributed by atoms with Crippen molar-refractivity contribution in [3.05, 3.63) is 48.8 Å². The van der Waals surface area contributed by atoms with Crippen molar-refractivity contribution in [3.8, 4) is 11.5 Å². The summed E-state index contributed by atoms with van der Waals surface area (Å²) >= 11 is 0. The van der Waals surface area contributed by atoms with E-state index in [0.717, 1.165) is 0 Å². The number of aromatic nitrogens is 1. The number of nitrogens with zero attached hydrogens (tertiary/aromatic N) is 1. The fourth-order valence-electron chi connectivity index (χ4n) is 2.11. The van der Waals surface area contributed by atoms with Gasteiger partial charge in [-0.2, -0.15) is 0 Å². The van der Waals surface area contributed by atoms with E-state index >= 15 is 0 Å². The van der Waals surface area contributed by atoms with E-state index in [1.54, 1.807) is 48.8 Å². The highest BCUT2D eigenvalue weighted by Crippen LogP contribution is 2.23. The van der Waals surface area contributed by atoms with Crippen LogP contribution in [0.3, 0.4) is 0 Å². The third-order valence-corrected chi connectivity index (χ3v) is 3.14. The molecule has 0 saturated heterocycles. The minimum absolute atomic E-state index is 0.0651.